The number of fused-ring (bicyclic) bond motifs is 4. The molecule has 4 aromatic rings. The van der Waals surface area contributed by atoms with Gasteiger partial charge in [0.1, 0.15) is 11.3 Å². The van der Waals surface area contributed by atoms with Crippen LogP contribution in [0.5, 0.6) is 5.75 Å². The molecule has 0 unspecified atom stereocenters. The van der Waals surface area contributed by atoms with Crippen molar-refractivity contribution in [1.29, 1.82) is 0 Å². The maximum Gasteiger partial charge on any atom is 0.223 e. The molecule has 0 aliphatic carbocycles. The van der Waals surface area contributed by atoms with Gasteiger partial charge in [-0.15, -0.1) is 5.10 Å². The molecule has 5 rings (SSSR count). The normalized spacial score (nSPS) is 13.8. The highest BCUT2D eigenvalue weighted by molar-refractivity contribution is 5.95. The van der Waals surface area contributed by atoms with Gasteiger partial charge in [0.05, 0.1) is 7.11 Å². The van der Waals surface area contributed by atoms with Gasteiger partial charge in [0.15, 0.2) is 11.5 Å². The number of para-hydroxylation sites is 2. The van der Waals surface area contributed by atoms with Crippen molar-refractivity contribution in [2.45, 2.75) is 19.3 Å². The number of aromatic nitrogens is 4. The van der Waals surface area contributed by atoms with E-state index in [0.717, 1.165) is 42.8 Å². The molecule has 1 aliphatic rings. The molecule has 0 amide bonds. The zero-order chi connectivity index (χ0) is 19.1. The molecule has 2 N–H and O–H groups in total. The number of benzene rings is 2. The van der Waals surface area contributed by atoms with Gasteiger partial charge in [0.25, 0.3) is 0 Å². The average Bonchev–Trinajstić information content (AvgIpc) is 3.17. The van der Waals surface area contributed by atoms with Crippen LogP contribution in [0.1, 0.15) is 17.8 Å². The van der Waals surface area contributed by atoms with Crippen LogP contribution in [0, 0.1) is 0 Å². The number of nitrogen functional groups attached to an aromatic ring is 1. The van der Waals surface area contributed by atoms with Crippen LogP contribution < -0.4 is 15.4 Å². The van der Waals surface area contributed by atoms with Gasteiger partial charge in [0, 0.05) is 30.6 Å². The number of ether oxygens (including phenoxy) is 1. The van der Waals surface area contributed by atoms with Gasteiger partial charge < -0.3 is 15.4 Å². The standard InChI is InChI=1S/C21H22N6O/c1-28-17-10-4-8-15-19(17)24-21(22)27-20(15)23-18(25-27)11-13-26-12-5-7-14-6-2-3-9-16(14)26/h2-4,6,8-10H,5,7,11-13H2,1H3,(H2,22,24). The Morgan fingerprint density at radius 3 is 2.89 bits per heavy atom. The summed E-state index contributed by atoms with van der Waals surface area (Å²) in [6.07, 6.45) is 3.08. The monoisotopic (exact) mass is 374 g/mol. The summed E-state index contributed by atoms with van der Waals surface area (Å²) < 4.78 is 7.04. The lowest BCUT2D eigenvalue weighted by Crippen LogP contribution is -2.31. The van der Waals surface area contributed by atoms with E-state index in [4.69, 9.17) is 15.5 Å². The van der Waals surface area contributed by atoms with Crippen LogP contribution >= 0.6 is 0 Å². The van der Waals surface area contributed by atoms with Crippen LogP contribution in [0.15, 0.2) is 42.5 Å². The van der Waals surface area contributed by atoms with Crippen molar-refractivity contribution in [2.75, 3.05) is 30.8 Å². The maximum atomic E-state index is 6.14. The number of rotatable bonds is 4. The van der Waals surface area contributed by atoms with Gasteiger partial charge in [-0.1, -0.05) is 24.3 Å². The summed E-state index contributed by atoms with van der Waals surface area (Å²) in [5.41, 5.74) is 10.3. The Labute approximate surface area is 162 Å². The van der Waals surface area contributed by atoms with Gasteiger partial charge in [-0.25, -0.2) is 9.97 Å². The Morgan fingerprint density at radius 2 is 2.00 bits per heavy atom. The first kappa shape index (κ1) is 16.8. The summed E-state index contributed by atoms with van der Waals surface area (Å²) in [6, 6.07) is 14.4. The number of hydrogen-bond donors (Lipinski definition) is 1. The van der Waals surface area contributed by atoms with E-state index in [2.05, 4.69) is 39.2 Å². The van der Waals surface area contributed by atoms with Crippen LogP contribution in [-0.4, -0.2) is 39.8 Å². The van der Waals surface area contributed by atoms with E-state index in [1.807, 2.05) is 18.2 Å². The predicted octanol–water partition coefficient (Wildman–Crippen LogP) is 2.86. The zero-order valence-electron chi connectivity index (χ0n) is 15.8. The summed E-state index contributed by atoms with van der Waals surface area (Å²) in [5, 5.41) is 5.49. The minimum Gasteiger partial charge on any atom is -0.494 e. The summed E-state index contributed by atoms with van der Waals surface area (Å²) in [5.74, 6) is 1.77. The Morgan fingerprint density at radius 1 is 1.11 bits per heavy atom. The van der Waals surface area contributed by atoms with E-state index in [-0.39, 0.29) is 0 Å². The summed E-state index contributed by atoms with van der Waals surface area (Å²) in [4.78, 5) is 11.7. The van der Waals surface area contributed by atoms with Crippen LogP contribution in [-0.2, 0) is 12.8 Å². The highest BCUT2D eigenvalue weighted by Gasteiger charge is 2.18. The van der Waals surface area contributed by atoms with Gasteiger partial charge in [0.2, 0.25) is 5.95 Å². The lowest BCUT2D eigenvalue weighted by atomic mass is 10.0. The number of hydrogen-bond acceptors (Lipinski definition) is 6. The molecule has 0 atom stereocenters. The molecule has 2 aromatic carbocycles. The van der Waals surface area contributed by atoms with Crippen molar-refractivity contribution < 1.29 is 4.74 Å². The molecule has 0 saturated heterocycles. The van der Waals surface area contributed by atoms with Gasteiger partial charge >= 0.3 is 0 Å². The van der Waals surface area contributed by atoms with Gasteiger partial charge in [-0.3, -0.25) is 0 Å². The fraction of sp³-hybridized carbons (Fsp3) is 0.286. The van der Waals surface area contributed by atoms with Crippen LogP contribution in [0.2, 0.25) is 0 Å². The van der Waals surface area contributed by atoms with Crippen molar-refractivity contribution >= 4 is 28.2 Å². The number of anilines is 2. The van der Waals surface area contributed by atoms with Crippen LogP contribution in [0.4, 0.5) is 11.6 Å². The minimum atomic E-state index is 0.314. The Kier molecular flexibility index (Phi) is 4.00. The Hall–Kier alpha value is -3.35. The maximum absolute atomic E-state index is 6.14. The molecular formula is C21H22N6O. The lowest BCUT2D eigenvalue weighted by Gasteiger charge is -2.30. The number of nitrogens with two attached hydrogens (primary N) is 1. The third-order valence-electron chi connectivity index (χ3n) is 5.37. The van der Waals surface area contributed by atoms with Crippen molar-refractivity contribution in [2.24, 2.45) is 0 Å². The number of aryl methyl sites for hydroxylation is 1. The molecule has 1 aliphatic heterocycles. The zero-order valence-corrected chi connectivity index (χ0v) is 15.8. The summed E-state index contributed by atoms with van der Waals surface area (Å²) >= 11 is 0. The molecule has 7 heteroatoms. The molecule has 0 fully saturated rings. The van der Waals surface area contributed by atoms with Crippen molar-refractivity contribution in [3.05, 3.63) is 53.9 Å². The highest BCUT2D eigenvalue weighted by Crippen LogP contribution is 2.28. The Balaban J connectivity index is 1.48. The molecule has 2 aromatic heterocycles. The molecule has 142 valence electrons. The second kappa shape index (κ2) is 6.67. The van der Waals surface area contributed by atoms with E-state index in [1.54, 1.807) is 11.6 Å². The van der Waals surface area contributed by atoms with E-state index >= 15 is 0 Å². The lowest BCUT2D eigenvalue weighted by molar-refractivity contribution is 0.419. The van der Waals surface area contributed by atoms with Crippen molar-refractivity contribution in [3.8, 4) is 5.75 Å². The minimum absolute atomic E-state index is 0.314. The fourth-order valence-electron chi connectivity index (χ4n) is 4.02. The second-order valence-electron chi connectivity index (χ2n) is 7.06. The molecule has 0 radical (unpaired) electrons. The molecular weight excluding hydrogens is 352 g/mol. The number of methoxy groups -OCH3 is 1. The molecule has 3 heterocycles. The topological polar surface area (TPSA) is 81.6 Å². The molecule has 0 bridgehead atoms. The SMILES string of the molecule is COc1cccc2c1nc(N)n1nc(CCN3CCCc4ccccc43)nc21. The van der Waals surface area contributed by atoms with Gasteiger partial charge in [-0.2, -0.15) is 4.52 Å². The van der Waals surface area contributed by atoms with Crippen molar-refractivity contribution in [1.82, 2.24) is 19.6 Å². The predicted molar refractivity (Wildman–Crippen MR) is 110 cm³/mol. The van der Waals surface area contributed by atoms with Gasteiger partial charge in [-0.05, 0) is 36.6 Å². The first-order chi connectivity index (χ1) is 13.7. The fourth-order valence-corrected chi connectivity index (χ4v) is 4.02. The first-order valence-electron chi connectivity index (χ1n) is 9.55. The third-order valence-corrected chi connectivity index (χ3v) is 5.37. The average molecular weight is 374 g/mol. The van der Waals surface area contributed by atoms with Crippen molar-refractivity contribution in [3.63, 3.8) is 0 Å². The Bertz CT molecular complexity index is 1170. The summed E-state index contributed by atoms with van der Waals surface area (Å²) in [7, 11) is 1.63. The summed E-state index contributed by atoms with van der Waals surface area (Å²) in [6.45, 7) is 1.94. The number of nitrogens with zero attached hydrogens (tertiary/aromatic N) is 5. The second-order valence-corrected chi connectivity index (χ2v) is 7.06. The van der Waals surface area contributed by atoms with Crippen LogP contribution in [0.3, 0.4) is 0 Å². The quantitative estimate of drug-likeness (QED) is 0.592. The molecule has 7 nitrogen and oxygen atoms in total. The van der Waals surface area contributed by atoms with E-state index < -0.39 is 0 Å². The smallest absolute Gasteiger partial charge is 0.223 e. The highest BCUT2D eigenvalue weighted by atomic mass is 16.5. The largest absolute Gasteiger partial charge is 0.494 e. The van der Waals surface area contributed by atoms with Crippen LogP contribution in [0.25, 0.3) is 16.6 Å². The first-order valence-corrected chi connectivity index (χ1v) is 9.55. The molecule has 28 heavy (non-hydrogen) atoms. The van der Waals surface area contributed by atoms with E-state index in [0.29, 0.717) is 17.2 Å². The van der Waals surface area contributed by atoms with E-state index in [1.165, 1.54) is 17.7 Å². The third kappa shape index (κ3) is 2.70. The van der Waals surface area contributed by atoms with E-state index in [9.17, 15) is 0 Å². The molecule has 0 spiro atoms. The molecule has 0 saturated carbocycles.